The maximum Gasteiger partial charge on any atom is 0.227 e. The summed E-state index contributed by atoms with van der Waals surface area (Å²) in [6.45, 7) is 4.57. The lowest BCUT2D eigenvalue weighted by Crippen LogP contribution is -2.41. The minimum atomic E-state index is 0.0642. The first-order valence-corrected chi connectivity index (χ1v) is 12.5. The molecule has 0 aromatic carbocycles. The molecule has 0 aliphatic heterocycles. The van der Waals surface area contributed by atoms with Crippen LogP contribution in [0.25, 0.3) is 22.1 Å². The molecule has 0 radical (unpaired) electrons. The third-order valence-corrected chi connectivity index (χ3v) is 7.73. The van der Waals surface area contributed by atoms with Crippen LogP contribution in [0.1, 0.15) is 77.1 Å². The number of nitrogens with zero attached hydrogens (tertiary/aromatic N) is 4. The maximum atomic E-state index is 13.1. The summed E-state index contributed by atoms with van der Waals surface area (Å²) >= 11 is 0. The number of aromatic nitrogens is 4. The molecule has 0 bridgehead atoms. The smallest absolute Gasteiger partial charge is 0.227 e. The van der Waals surface area contributed by atoms with Gasteiger partial charge in [-0.1, -0.05) is 13.8 Å². The Morgan fingerprint density at radius 1 is 1.21 bits per heavy atom. The number of imidazole rings is 1. The lowest BCUT2D eigenvalue weighted by atomic mass is 9.80. The van der Waals surface area contributed by atoms with Crippen molar-refractivity contribution in [1.29, 1.82) is 5.26 Å². The average molecular weight is 447 g/mol. The molecule has 2 aliphatic carbocycles. The highest BCUT2D eigenvalue weighted by atomic mass is 16.1. The average Bonchev–Trinajstić information content (AvgIpc) is 3.37. The minimum Gasteiger partial charge on any atom is -0.353 e. The van der Waals surface area contributed by atoms with Gasteiger partial charge in [0.15, 0.2) is 0 Å². The summed E-state index contributed by atoms with van der Waals surface area (Å²) in [6, 6.07) is 4.94. The van der Waals surface area contributed by atoms with Crippen molar-refractivity contribution < 1.29 is 4.79 Å². The van der Waals surface area contributed by atoms with Gasteiger partial charge in [0.25, 0.3) is 0 Å². The predicted octanol–water partition coefficient (Wildman–Crippen LogP) is 5.04. The number of pyridine rings is 1. The third-order valence-electron chi connectivity index (χ3n) is 7.73. The molecule has 3 aromatic heterocycles. The summed E-state index contributed by atoms with van der Waals surface area (Å²) in [5, 5.41) is 13.5. The summed E-state index contributed by atoms with van der Waals surface area (Å²) < 4.78 is 2.32. The molecule has 2 atom stereocenters. The number of carbonyl (C=O) groups is 1. The summed E-state index contributed by atoms with van der Waals surface area (Å²) in [5.41, 5.74) is 2.78. The standard InChI is InChI=1S/C26H34N6O/c1-16-11-17(2)13-19(12-16)30-24(33)14-23-31-22-15-29-26-21(8-10-28-26)25(22)32(23)20-5-3-18(4-6-20)7-9-27/h8,10,15-20H,3-7,11-14H2,1-2H3,(H,28,29)(H,30,33)/t16?,17?,18-,19?,20-. The van der Waals surface area contributed by atoms with Crippen molar-refractivity contribution in [3.05, 3.63) is 24.3 Å². The van der Waals surface area contributed by atoms with Gasteiger partial charge >= 0.3 is 0 Å². The van der Waals surface area contributed by atoms with Crippen molar-refractivity contribution in [2.24, 2.45) is 17.8 Å². The highest BCUT2D eigenvalue weighted by molar-refractivity contribution is 6.01. The fourth-order valence-electron chi connectivity index (χ4n) is 6.38. The zero-order chi connectivity index (χ0) is 22.9. The van der Waals surface area contributed by atoms with Gasteiger partial charge in [-0.25, -0.2) is 9.97 Å². The SMILES string of the molecule is CC1CC(C)CC(NC(=O)Cc2nc3cnc4[nH]ccc4c3n2[C@H]2CC[C@H](CC#N)CC2)C1. The van der Waals surface area contributed by atoms with Crippen molar-refractivity contribution in [1.82, 2.24) is 24.8 Å². The summed E-state index contributed by atoms with van der Waals surface area (Å²) in [7, 11) is 0. The Bertz CT molecular complexity index is 1170. The van der Waals surface area contributed by atoms with Crippen LogP contribution in [-0.4, -0.2) is 31.5 Å². The topological polar surface area (TPSA) is 99.4 Å². The molecule has 2 saturated carbocycles. The van der Waals surface area contributed by atoms with E-state index >= 15 is 0 Å². The van der Waals surface area contributed by atoms with Crippen molar-refractivity contribution >= 4 is 28.0 Å². The molecule has 1 amide bonds. The van der Waals surface area contributed by atoms with Crippen LogP contribution in [0, 0.1) is 29.1 Å². The molecule has 0 saturated heterocycles. The number of hydrogen-bond acceptors (Lipinski definition) is 4. The highest BCUT2D eigenvalue weighted by Gasteiger charge is 2.29. The first kappa shape index (κ1) is 21.9. The summed E-state index contributed by atoms with van der Waals surface area (Å²) in [6.07, 6.45) is 12.1. The number of nitriles is 1. The normalized spacial score (nSPS) is 28.1. The molecule has 0 spiro atoms. The molecule has 3 aromatic rings. The Balaban J connectivity index is 1.44. The third kappa shape index (κ3) is 4.48. The number of H-pyrrole nitrogens is 1. The highest BCUT2D eigenvalue weighted by Crippen LogP contribution is 2.38. The number of carbonyl (C=O) groups excluding carboxylic acids is 1. The quantitative estimate of drug-likeness (QED) is 0.573. The van der Waals surface area contributed by atoms with Gasteiger partial charge in [0, 0.05) is 30.1 Å². The van der Waals surface area contributed by atoms with E-state index in [1.807, 2.05) is 12.4 Å². The molecule has 2 aliphatic rings. The van der Waals surface area contributed by atoms with Gasteiger partial charge in [0.1, 0.15) is 17.0 Å². The van der Waals surface area contributed by atoms with Gasteiger partial charge in [0.2, 0.25) is 5.91 Å². The maximum absolute atomic E-state index is 13.1. The van der Waals surface area contributed by atoms with Gasteiger partial charge in [-0.05, 0) is 68.8 Å². The zero-order valence-corrected chi connectivity index (χ0v) is 19.7. The molecule has 2 unspecified atom stereocenters. The van der Waals surface area contributed by atoms with Crippen molar-refractivity contribution in [2.45, 2.75) is 83.7 Å². The van der Waals surface area contributed by atoms with E-state index < -0.39 is 0 Å². The first-order chi connectivity index (χ1) is 16.0. The van der Waals surface area contributed by atoms with Crippen LogP contribution in [0.4, 0.5) is 0 Å². The Morgan fingerprint density at radius 3 is 2.70 bits per heavy atom. The molecular formula is C26H34N6O. The Kier molecular flexibility index (Phi) is 6.09. The Morgan fingerprint density at radius 2 is 1.97 bits per heavy atom. The van der Waals surface area contributed by atoms with Crippen LogP contribution < -0.4 is 5.32 Å². The van der Waals surface area contributed by atoms with E-state index in [2.05, 4.69) is 45.8 Å². The van der Waals surface area contributed by atoms with Crippen LogP contribution in [0.15, 0.2) is 18.5 Å². The molecule has 33 heavy (non-hydrogen) atoms. The largest absolute Gasteiger partial charge is 0.353 e. The molecular weight excluding hydrogens is 412 g/mol. The van der Waals surface area contributed by atoms with E-state index in [1.54, 1.807) is 0 Å². The minimum absolute atomic E-state index is 0.0642. The predicted molar refractivity (Wildman–Crippen MR) is 128 cm³/mol. The number of nitrogens with one attached hydrogen (secondary N) is 2. The Hall–Kier alpha value is -2.88. The fraction of sp³-hybridized carbons (Fsp3) is 0.615. The van der Waals surface area contributed by atoms with Crippen molar-refractivity contribution in [2.75, 3.05) is 0 Å². The number of amides is 1. The monoisotopic (exact) mass is 446 g/mol. The van der Waals surface area contributed by atoms with Crippen LogP contribution in [0.3, 0.4) is 0 Å². The number of fused-ring (bicyclic) bond motifs is 3. The second-order valence-electron chi connectivity index (χ2n) is 10.5. The second kappa shape index (κ2) is 9.17. The van der Waals surface area contributed by atoms with E-state index in [0.717, 1.165) is 66.4 Å². The summed E-state index contributed by atoms with van der Waals surface area (Å²) in [4.78, 5) is 25.8. The van der Waals surface area contributed by atoms with Gasteiger partial charge in [-0.3, -0.25) is 4.79 Å². The molecule has 174 valence electrons. The molecule has 2 fully saturated rings. The summed E-state index contributed by atoms with van der Waals surface area (Å²) in [5.74, 6) is 2.69. The van der Waals surface area contributed by atoms with E-state index in [4.69, 9.17) is 10.2 Å². The van der Waals surface area contributed by atoms with Crippen LogP contribution in [0.2, 0.25) is 0 Å². The van der Waals surface area contributed by atoms with Crippen LogP contribution >= 0.6 is 0 Å². The second-order valence-corrected chi connectivity index (χ2v) is 10.5. The first-order valence-electron chi connectivity index (χ1n) is 12.5. The van der Waals surface area contributed by atoms with Crippen LogP contribution in [-0.2, 0) is 11.2 Å². The van der Waals surface area contributed by atoms with E-state index in [1.165, 1.54) is 6.42 Å². The molecule has 2 N–H and O–H groups in total. The fourth-order valence-corrected chi connectivity index (χ4v) is 6.38. The number of rotatable bonds is 5. The lowest BCUT2D eigenvalue weighted by molar-refractivity contribution is -0.121. The molecule has 3 heterocycles. The van der Waals surface area contributed by atoms with Gasteiger partial charge in [-0.2, -0.15) is 5.26 Å². The van der Waals surface area contributed by atoms with Crippen LogP contribution in [0.5, 0.6) is 0 Å². The van der Waals surface area contributed by atoms with E-state index in [-0.39, 0.29) is 18.4 Å². The van der Waals surface area contributed by atoms with Crippen molar-refractivity contribution in [3.8, 4) is 6.07 Å². The van der Waals surface area contributed by atoms with E-state index in [0.29, 0.717) is 30.2 Å². The number of hydrogen-bond donors (Lipinski definition) is 2. The molecule has 7 heteroatoms. The van der Waals surface area contributed by atoms with Gasteiger partial charge in [-0.15, -0.1) is 0 Å². The van der Waals surface area contributed by atoms with Gasteiger partial charge < -0.3 is 14.9 Å². The van der Waals surface area contributed by atoms with Gasteiger partial charge in [0.05, 0.1) is 24.2 Å². The zero-order valence-electron chi connectivity index (χ0n) is 19.7. The number of aromatic amines is 1. The van der Waals surface area contributed by atoms with E-state index in [9.17, 15) is 4.79 Å². The Labute approximate surface area is 195 Å². The van der Waals surface area contributed by atoms with Crippen molar-refractivity contribution in [3.63, 3.8) is 0 Å². The molecule has 5 rings (SSSR count). The lowest BCUT2D eigenvalue weighted by Gasteiger charge is -2.32. The molecule has 7 nitrogen and oxygen atoms in total.